The number of carbonyl (C=O) groups is 2. The lowest BCUT2D eigenvalue weighted by molar-refractivity contribution is -0.131. The van der Waals surface area contributed by atoms with Gasteiger partial charge in [-0.05, 0) is 20.8 Å². The molecule has 1 aromatic rings. The van der Waals surface area contributed by atoms with E-state index < -0.39 is 0 Å². The van der Waals surface area contributed by atoms with Gasteiger partial charge in [0.2, 0.25) is 5.91 Å². The number of amides is 2. The molecular formula is C13H21N3O3. The molecule has 0 fully saturated rings. The van der Waals surface area contributed by atoms with E-state index in [1.165, 1.54) is 4.90 Å². The summed E-state index contributed by atoms with van der Waals surface area (Å²) in [7, 11) is 1.59. The van der Waals surface area contributed by atoms with E-state index in [0.29, 0.717) is 24.7 Å². The number of hydrogen-bond donors (Lipinski definition) is 0. The van der Waals surface area contributed by atoms with Crippen molar-refractivity contribution in [2.45, 2.75) is 27.7 Å². The van der Waals surface area contributed by atoms with E-state index >= 15 is 0 Å². The van der Waals surface area contributed by atoms with E-state index in [9.17, 15) is 9.59 Å². The van der Waals surface area contributed by atoms with E-state index in [4.69, 9.17) is 4.42 Å². The molecule has 19 heavy (non-hydrogen) atoms. The first-order chi connectivity index (χ1) is 8.90. The number of aromatic nitrogens is 1. The van der Waals surface area contributed by atoms with Crippen LogP contribution in [-0.2, 0) is 4.79 Å². The minimum Gasteiger partial charge on any atom is -0.445 e. The normalized spacial score (nSPS) is 10.4. The molecule has 0 aliphatic heterocycles. The number of nitrogens with zero attached hydrogens (tertiary/aromatic N) is 3. The predicted molar refractivity (Wildman–Crippen MR) is 70.9 cm³/mol. The van der Waals surface area contributed by atoms with Crippen LogP contribution in [0.4, 0.5) is 0 Å². The molecule has 0 saturated heterocycles. The van der Waals surface area contributed by atoms with Gasteiger partial charge in [0.05, 0.1) is 6.54 Å². The number of aryl methyl sites for hydroxylation is 2. The molecule has 1 aromatic heterocycles. The van der Waals surface area contributed by atoms with Gasteiger partial charge in [-0.3, -0.25) is 9.59 Å². The summed E-state index contributed by atoms with van der Waals surface area (Å²) in [4.78, 5) is 31.2. The summed E-state index contributed by atoms with van der Waals surface area (Å²) >= 11 is 0. The van der Waals surface area contributed by atoms with Crippen molar-refractivity contribution in [3.05, 3.63) is 17.3 Å². The van der Waals surface area contributed by atoms with Crippen LogP contribution in [-0.4, -0.2) is 53.3 Å². The fourth-order valence-electron chi connectivity index (χ4n) is 1.86. The van der Waals surface area contributed by atoms with Crippen LogP contribution in [0.3, 0.4) is 0 Å². The van der Waals surface area contributed by atoms with Gasteiger partial charge in [0, 0.05) is 27.1 Å². The zero-order chi connectivity index (χ0) is 14.6. The summed E-state index contributed by atoms with van der Waals surface area (Å²) in [6.45, 7) is 8.52. The topological polar surface area (TPSA) is 66.7 Å². The molecule has 0 unspecified atom stereocenters. The van der Waals surface area contributed by atoms with E-state index in [2.05, 4.69) is 4.98 Å². The third-order valence-electron chi connectivity index (χ3n) is 2.94. The predicted octanol–water partition coefficient (Wildman–Crippen LogP) is 1.23. The maximum Gasteiger partial charge on any atom is 0.276 e. The van der Waals surface area contributed by atoms with Gasteiger partial charge in [0.15, 0.2) is 11.6 Å². The maximum atomic E-state index is 12.1. The number of rotatable bonds is 5. The SMILES string of the molecule is CCN(CC)C(=O)CN(C)C(=O)c1nc(C)oc1C. The summed E-state index contributed by atoms with van der Waals surface area (Å²) in [5, 5.41) is 0. The highest BCUT2D eigenvalue weighted by Gasteiger charge is 2.22. The van der Waals surface area contributed by atoms with Crippen molar-refractivity contribution in [3.8, 4) is 0 Å². The van der Waals surface area contributed by atoms with Crippen LogP contribution in [0.1, 0.15) is 36.0 Å². The quantitative estimate of drug-likeness (QED) is 0.804. The lowest BCUT2D eigenvalue weighted by Gasteiger charge is -2.22. The Morgan fingerprint density at radius 2 is 1.79 bits per heavy atom. The molecule has 6 nitrogen and oxygen atoms in total. The first kappa shape index (κ1) is 15.2. The largest absolute Gasteiger partial charge is 0.445 e. The zero-order valence-corrected chi connectivity index (χ0v) is 12.2. The minimum absolute atomic E-state index is 0.0475. The Hall–Kier alpha value is -1.85. The standard InChI is InChI=1S/C13H21N3O3/c1-6-16(7-2)11(17)8-15(5)13(18)12-9(3)19-10(4)14-12/h6-8H2,1-5H3. The Labute approximate surface area is 113 Å². The molecule has 0 atom stereocenters. The van der Waals surface area contributed by atoms with Gasteiger partial charge in [-0.15, -0.1) is 0 Å². The molecule has 0 bridgehead atoms. The number of likely N-dealkylation sites (N-methyl/N-ethyl adjacent to an activating group) is 2. The molecule has 2 amide bonds. The molecular weight excluding hydrogens is 246 g/mol. The average molecular weight is 267 g/mol. The van der Waals surface area contributed by atoms with Crippen molar-refractivity contribution >= 4 is 11.8 Å². The van der Waals surface area contributed by atoms with E-state index in [1.807, 2.05) is 13.8 Å². The number of carbonyl (C=O) groups excluding carboxylic acids is 2. The molecule has 0 aromatic carbocycles. The van der Waals surface area contributed by atoms with Crippen LogP contribution in [0, 0.1) is 13.8 Å². The smallest absolute Gasteiger partial charge is 0.276 e. The number of oxazole rings is 1. The Kier molecular flexibility index (Phi) is 5.09. The Balaban J connectivity index is 2.73. The van der Waals surface area contributed by atoms with Crippen molar-refractivity contribution < 1.29 is 14.0 Å². The van der Waals surface area contributed by atoms with Gasteiger partial charge < -0.3 is 14.2 Å². The van der Waals surface area contributed by atoms with Crippen molar-refractivity contribution in [2.75, 3.05) is 26.7 Å². The molecule has 0 aliphatic carbocycles. The fourth-order valence-corrected chi connectivity index (χ4v) is 1.86. The highest BCUT2D eigenvalue weighted by molar-refractivity contribution is 5.95. The molecule has 0 spiro atoms. The van der Waals surface area contributed by atoms with Crippen LogP contribution in [0.15, 0.2) is 4.42 Å². The van der Waals surface area contributed by atoms with Gasteiger partial charge in [-0.2, -0.15) is 0 Å². The van der Waals surface area contributed by atoms with E-state index in [-0.39, 0.29) is 24.1 Å². The second-order valence-electron chi connectivity index (χ2n) is 4.36. The van der Waals surface area contributed by atoms with Crippen LogP contribution in [0.25, 0.3) is 0 Å². The van der Waals surface area contributed by atoms with Crippen molar-refractivity contribution in [3.63, 3.8) is 0 Å². The average Bonchev–Trinajstić information content (AvgIpc) is 2.68. The highest BCUT2D eigenvalue weighted by atomic mass is 16.4. The van der Waals surface area contributed by atoms with E-state index in [1.54, 1.807) is 25.8 Å². The summed E-state index contributed by atoms with van der Waals surface area (Å²) in [6, 6.07) is 0. The van der Waals surface area contributed by atoms with Crippen LogP contribution in [0.2, 0.25) is 0 Å². The molecule has 6 heteroatoms. The Bertz CT molecular complexity index is 464. The molecule has 1 heterocycles. The first-order valence-electron chi connectivity index (χ1n) is 6.37. The van der Waals surface area contributed by atoms with Gasteiger partial charge in [-0.1, -0.05) is 0 Å². The Morgan fingerprint density at radius 1 is 1.21 bits per heavy atom. The van der Waals surface area contributed by atoms with Crippen LogP contribution < -0.4 is 0 Å². The monoisotopic (exact) mass is 267 g/mol. The van der Waals surface area contributed by atoms with Gasteiger partial charge >= 0.3 is 0 Å². The second kappa shape index (κ2) is 6.36. The van der Waals surface area contributed by atoms with Crippen molar-refractivity contribution in [1.82, 2.24) is 14.8 Å². The first-order valence-corrected chi connectivity index (χ1v) is 6.37. The third-order valence-corrected chi connectivity index (χ3v) is 2.94. The Morgan fingerprint density at radius 3 is 2.21 bits per heavy atom. The summed E-state index contributed by atoms with van der Waals surface area (Å²) in [5.74, 6) is 0.558. The summed E-state index contributed by atoms with van der Waals surface area (Å²) < 4.78 is 5.23. The fraction of sp³-hybridized carbons (Fsp3) is 0.615. The van der Waals surface area contributed by atoms with Crippen LogP contribution in [0.5, 0.6) is 0 Å². The molecule has 106 valence electrons. The van der Waals surface area contributed by atoms with Crippen molar-refractivity contribution in [1.29, 1.82) is 0 Å². The zero-order valence-electron chi connectivity index (χ0n) is 12.2. The molecule has 0 saturated carbocycles. The van der Waals surface area contributed by atoms with Gasteiger partial charge in [0.1, 0.15) is 5.76 Å². The molecule has 0 aliphatic rings. The van der Waals surface area contributed by atoms with Crippen LogP contribution >= 0.6 is 0 Å². The third kappa shape index (κ3) is 3.56. The molecule has 0 radical (unpaired) electrons. The number of hydrogen-bond acceptors (Lipinski definition) is 4. The maximum absolute atomic E-state index is 12.1. The lowest BCUT2D eigenvalue weighted by Crippen LogP contribution is -2.41. The highest BCUT2D eigenvalue weighted by Crippen LogP contribution is 2.11. The second-order valence-corrected chi connectivity index (χ2v) is 4.36. The minimum atomic E-state index is -0.296. The van der Waals surface area contributed by atoms with E-state index in [0.717, 1.165) is 0 Å². The summed E-state index contributed by atoms with van der Waals surface area (Å²) in [6.07, 6.45) is 0. The van der Waals surface area contributed by atoms with Gasteiger partial charge in [0.25, 0.3) is 5.91 Å². The molecule has 0 N–H and O–H groups in total. The molecule has 1 rings (SSSR count). The lowest BCUT2D eigenvalue weighted by atomic mass is 10.3. The van der Waals surface area contributed by atoms with Crippen molar-refractivity contribution in [2.24, 2.45) is 0 Å². The summed E-state index contributed by atoms with van der Waals surface area (Å²) in [5.41, 5.74) is 0.271. The van der Waals surface area contributed by atoms with Gasteiger partial charge in [-0.25, -0.2) is 4.98 Å².